The zero-order valence-electron chi connectivity index (χ0n) is 11.7. The van der Waals surface area contributed by atoms with Crippen molar-refractivity contribution >= 4 is 5.97 Å². The minimum absolute atomic E-state index is 0.245. The molecule has 0 amide bonds. The first-order chi connectivity index (χ1) is 8.15. The first-order valence-corrected chi connectivity index (χ1v) is 7.07. The van der Waals surface area contributed by atoms with Crippen molar-refractivity contribution in [1.29, 1.82) is 0 Å². The highest BCUT2D eigenvalue weighted by atomic mass is 16.5. The quantitative estimate of drug-likeness (QED) is 0.599. The van der Waals surface area contributed by atoms with Crippen molar-refractivity contribution < 1.29 is 9.53 Å². The zero-order chi connectivity index (χ0) is 13.1. The Morgan fingerprint density at radius 3 is 2.06 bits per heavy atom. The highest BCUT2D eigenvalue weighted by molar-refractivity contribution is 5.75. The lowest BCUT2D eigenvalue weighted by Gasteiger charge is -2.19. The lowest BCUT2D eigenvalue weighted by Crippen LogP contribution is -2.34. The van der Waals surface area contributed by atoms with Crippen molar-refractivity contribution in [3.63, 3.8) is 0 Å². The van der Waals surface area contributed by atoms with Crippen LogP contribution in [-0.4, -0.2) is 18.6 Å². The third-order valence-corrected chi connectivity index (χ3v) is 3.11. The summed E-state index contributed by atoms with van der Waals surface area (Å²) in [5.41, 5.74) is 5.87. The number of ether oxygens (including phenoxy) is 1. The maximum absolute atomic E-state index is 11.5. The van der Waals surface area contributed by atoms with E-state index >= 15 is 0 Å². The van der Waals surface area contributed by atoms with Gasteiger partial charge in [0.05, 0.1) is 6.61 Å². The summed E-state index contributed by atoms with van der Waals surface area (Å²) >= 11 is 0. The largest absolute Gasteiger partial charge is 0.465 e. The molecule has 2 N–H and O–H groups in total. The van der Waals surface area contributed by atoms with Gasteiger partial charge < -0.3 is 10.5 Å². The second-order valence-corrected chi connectivity index (χ2v) is 4.74. The van der Waals surface area contributed by atoms with Crippen LogP contribution in [0.25, 0.3) is 0 Å². The third kappa shape index (κ3) is 8.19. The van der Waals surface area contributed by atoms with Gasteiger partial charge >= 0.3 is 5.97 Å². The number of hydrogen-bond donors (Lipinski definition) is 1. The fourth-order valence-electron chi connectivity index (χ4n) is 2.07. The molecule has 0 spiro atoms. The summed E-state index contributed by atoms with van der Waals surface area (Å²) < 4.78 is 4.95. The van der Waals surface area contributed by atoms with Gasteiger partial charge in [0.1, 0.15) is 6.04 Å². The molecular weight excluding hydrogens is 214 g/mol. The van der Waals surface area contributed by atoms with Gasteiger partial charge in [0, 0.05) is 0 Å². The summed E-state index contributed by atoms with van der Waals surface area (Å²) in [6.07, 6.45) is 8.01. The molecule has 0 fully saturated rings. The van der Waals surface area contributed by atoms with E-state index in [0.29, 0.717) is 12.5 Å². The molecule has 1 unspecified atom stereocenters. The van der Waals surface area contributed by atoms with E-state index in [4.69, 9.17) is 10.5 Å². The Hall–Kier alpha value is -0.570. The van der Waals surface area contributed by atoms with Gasteiger partial charge in [-0.05, 0) is 19.3 Å². The minimum Gasteiger partial charge on any atom is -0.465 e. The molecule has 1 atom stereocenters. The standard InChI is InChI=1S/C14H29NO2/c1-4-7-9-12(10-8-5-2)11-13(15)14(16)17-6-3/h12-13H,4-11,15H2,1-3H3. The van der Waals surface area contributed by atoms with Crippen molar-refractivity contribution in [2.24, 2.45) is 11.7 Å². The summed E-state index contributed by atoms with van der Waals surface area (Å²) in [6.45, 7) is 6.63. The number of carbonyl (C=O) groups is 1. The maximum atomic E-state index is 11.5. The van der Waals surface area contributed by atoms with Crippen LogP contribution < -0.4 is 5.73 Å². The van der Waals surface area contributed by atoms with Crippen LogP contribution in [0.15, 0.2) is 0 Å². The Morgan fingerprint density at radius 2 is 1.65 bits per heavy atom. The molecule has 0 aromatic heterocycles. The van der Waals surface area contributed by atoms with E-state index < -0.39 is 6.04 Å². The zero-order valence-corrected chi connectivity index (χ0v) is 11.7. The SMILES string of the molecule is CCCCC(CCCC)CC(N)C(=O)OCC. The van der Waals surface area contributed by atoms with E-state index in [2.05, 4.69) is 13.8 Å². The van der Waals surface area contributed by atoms with Crippen molar-refractivity contribution in [3.05, 3.63) is 0 Å². The van der Waals surface area contributed by atoms with Gasteiger partial charge in [-0.2, -0.15) is 0 Å². The van der Waals surface area contributed by atoms with Crippen LogP contribution in [0.2, 0.25) is 0 Å². The molecule has 0 aromatic rings. The number of nitrogens with two attached hydrogens (primary N) is 1. The summed E-state index contributed by atoms with van der Waals surface area (Å²) in [6, 6.07) is -0.436. The monoisotopic (exact) mass is 243 g/mol. The predicted octanol–water partition coefficient (Wildman–Crippen LogP) is 3.26. The van der Waals surface area contributed by atoms with E-state index in [1.54, 1.807) is 0 Å². The highest BCUT2D eigenvalue weighted by Gasteiger charge is 2.19. The van der Waals surface area contributed by atoms with E-state index in [1.807, 2.05) is 6.92 Å². The number of rotatable bonds is 10. The average Bonchev–Trinajstić information content (AvgIpc) is 2.32. The molecule has 0 radical (unpaired) electrons. The average molecular weight is 243 g/mol. The molecule has 0 aromatic carbocycles. The maximum Gasteiger partial charge on any atom is 0.322 e. The number of carbonyl (C=O) groups excluding carboxylic acids is 1. The predicted molar refractivity (Wildman–Crippen MR) is 71.8 cm³/mol. The van der Waals surface area contributed by atoms with Crippen LogP contribution in [0.5, 0.6) is 0 Å². The van der Waals surface area contributed by atoms with Gasteiger partial charge in [-0.25, -0.2) is 0 Å². The Bertz CT molecular complexity index is 187. The van der Waals surface area contributed by atoms with Gasteiger partial charge in [0.2, 0.25) is 0 Å². The van der Waals surface area contributed by atoms with Gasteiger partial charge in [-0.1, -0.05) is 52.4 Å². The molecule has 0 aliphatic heterocycles. The van der Waals surface area contributed by atoms with Crippen LogP contribution in [0.3, 0.4) is 0 Å². The van der Waals surface area contributed by atoms with Crippen LogP contribution >= 0.6 is 0 Å². The molecule has 0 aliphatic carbocycles. The topological polar surface area (TPSA) is 52.3 Å². The van der Waals surface area contributed by atoms with Gasteiger partial charge in [0.25, 0.3) is 0 Å². The Kier molecular flexibility index (Phi) is 10.2. The molecule has 0 bridgehead atoms. The molecule has 3 heteroatoms. The number of esters is 1. The van der Waals surface area contributed by atoms with Gasteiger partial charge in [-0.15, -0.1) is 0 Å². The molecular formula is C14H29NO2. The molecule has 102 valence electrons. The Morgan fingerprint density at radius 1 is 1.12 bits per heavy atom. The van der Waals surface area contributed by atoms with Crippen molar-refractivity contribution in [3.8, 4) is 0 Å². The lowest BCUT2D eigenvalue weighted by molar-refractivity contribution is -0.145. The highest BCUT2D eigenvalue weighted by Crippen LogP contribution is 2.21. The van der Waals surface area contributed by atoms with Gasteiger partial charge in [-0.3, -0.25) is 4.79 Å². The molecule has 0 rings (SSSR count). The first kappa shape index (κ1) is 16.4. The fraction of sp³-hybridized carbons (Fsp3) is 0.929. The Balaban J connectivity index is 4.05. The fourth-order valence-corrected chi connectivity index (χ4v) is 2.07. The van der Waals surface area contributed by atoms with E-state index in [1.165, 1.54) is 38.5 Å². The minimum atomic E-state index is -0.436. The Labute approximate surface area is 106 Å². The van der Waals surface area contributed by atoms with E-state index in [9.17, 15) is 4.79 Å². The lowest BCUT2D eigenvalue weighted by atomic mass is 9.90. The van der Waals surface area contributed by atoms with Crippen molar-refractivity contribution in [2.45, 2.75) is 71.8 Å². The van der Waals surface area contributed by atoms with E-state index in [-0.39, 0.29) is 5.97 Å². The molecule has 0 aliphatic rings. The molecule has 17 heavy (non-hydrogen) atoms. The van der Waals surface area contributed by atoms with Crippen LogP contribution in [0.1, 0.15) is 65.7 Å². The van der Waals surface area contributed by atoms with Gasteiger partial charge in [0.15, 0.2) is 0 Å². The van der Waals surface area contributed by atoms with E-state index in [0.717, 1.165) is 6.42 Å². The number of hydrogen-bond acceptors (Lipinski definition) is 3. The smallest absolute Gasteiger partial charge is 0.322 e. The molecule has 0 saturated carbocycles. The second-order valence-electron chi connectivity index (χ2n) is 4.74. The van der Waals surface area contributed by atoms with Crippen molar-refractivity contribution in [2.75, 3.05) is 6.61 Å². The molecule has 0 saturated heterocycles. The summed E-state index contributed by atoms with van der Waals surface area (Å²) in [5.74, 6) is 0.333. The first-order valence-electron chi connectivity index (χ1n) is 7.07. The number of unbranched alkanes of at least 4 members (excludes halogenated alkanes) is 2. The van der Waals surface area contributed by atoms with Crippen molar-refractivity contribution in [1.82, 2.24) is 0 Å². The van der Waals surface area contributed by atoms with Crippen LogP contribution in [0, 0.1) is 5.92 Å². The van der Waals surface area contributed by atoms with Crippen LogP contribution in [0.4, 0.5) is 0 Å². The van der Waals surface area contributed by atoms with Crippen LogP contribution in [-0.2, 0) is 9.53 Å². The second kappa shape index (κ2) is 10.6. The summed E-state index contributed by atoms with van der Waals surface area (Å²) in [4.78, 5) is 11.5. The molecule has 3 nitrogen and oxygen atoms in total. The third-order valence-electron chi connectivity index (χ3n) is 3.11. The summed E-state index contributed by atoms with van der Waals surface area (Å²) in [5, 5.41) is 0. The molecule has 0 heterocycles. The normalized spacial score (nSPS) is 12.8. The summed E-state index contributed by atoms with van der Waals surface area (Å²) in [7, 11) is 0.